The number of nitrogens with zero attached hydrogens (tertiary/aromatic N) is 1. The van der Waals surface area contributed by atoms with E-state index in [1.807, 2.05) is 44.2 Å². The first kappa shape index (κ1) is 37.5. The van der Waals surface area contributed by atoms with Gasteiger partial charge in [-0.05, 0) is 100 Å². The summed E-state index contributed by atoms with van der Waals surface area (Å²) in [6.45, 7) is 8.92. The number of benzene rings is 3. The molecule has 0 saturated carbocycles. The van der Waals surface area contributed by atoms with Crippen LogP contribution in [-0.2, 0) is 21.2 Å². The van der Waals surface area contributed by atoms with Crippen molar-refractivity contribution in [1.29, 1.82) is 0 Å². The Morgan fingerprint density at radius 2 is 1.47 bits per heavy atom. The van der Waals surface area contributed by atoms with Crippen molar-refractivity contribution in [3.8, 4) is 11.5 Å². The number of carbonyl (C=O) groups excluding carboxylic acids is 2. The average Bonchev–Trinajstić information content (AvgIpc) is 3.06. The normalized spacial score (nSPS) is 11.2. The van der Waals surface area contributed by atoms with Crippen molar-refractivity contribution in [2.24, 2.45) is 0 Å². The maximum atomic E-state index is 12.5. The van der Waals surface area contributed by atoms with Gasteiger partial charge < -0.3 is 24.4 Å². The predicted octanol–water partition coefficient (Wildman–Crippen LogP) is 5.94. The van der Waals surface area contributed by atoms with Crippen LogP contribution >= 0.6 is 0 Å². The Balaban J connectivity index is 1.23. The average molecular weight is 668 g/mol. The molecule has 0 unspecified atom stereocenters. The second-order valence-electron chi connectivity index (χ2n) is 11.2. The molecule has 0 spiro atoms. The molecule has 2 N–H and O–H groups in total. The largest absolute Gasteiger partial charge is 0.494 e. The number of carbonyl (C=O) groups is 2. The first-order valence-electron chi connectivity index (χ1n) is 16.4. The van der Waals surface area contributed by atoms with E-state index in [9.17, 15) is 18.0 Å². The lowest BCUT2D eigenvalue weighted by Gasteiger charge is -2.18. The number of sulfonamides is 1. The minimum Gasteiger partial charge on any atom is -0.494 e. The first-order valence-corrected chi connectivity index (χ1v) is 18.3. The fourth-order valence-electron chi connectivity index (χ4n) is 4.84. The monoisotopic (exact) mass is 667 g/mol. The minimum absolute atomic E-state index is 0.0390. The molecule has 0 aliphatic carbocycles. The molecule has 3 aromatic rings. The summed E-state index contributed by atoms with van der Waals surface area (Å²) in [5, 5.41) is 3.44. The van der Waals surface area contributed by atoms with Gasteiger partial charge in [-0.3, -0.25) is 9.52 Å². The number of hydrogen-bond donors (Lipinski definition) is 2. The zero-order valence-corrected chi connectivity index (χ0v) is 28.7. The molecule has 10 nitrogen and oxygen atoms in total. The lowest BCUT2D eigenvalue weighted by atomic mass is 10.1. The van der Waals surface area contributed by atoms with Crippen LogP contribution in [0.2, 0.25) is 0 Å². The van der Waals surface area contributed by atoms with Crippen LogP contribution in [0.25, 0.3) is 0 Å². The third-order valence-corrected chi connectivity index (χ3v) is 7.98. The highest BCUT2D eigenvalue weighted by molar-refractivity contribution is 7.92. The van der Waals surface area contributed by atoms with Gasteiger partial charge in [0.05, 0.1) is 24.1 Å². The van der Waals surface area contributed by atoms with E-state index in [1.54, 1.807) is 47.4 Å². The second kappa shape index (κ2) is 20.3. The summed E-state index contributed by atoms with van der Waals surface area (Å²) in [7, 11) is -3.56. The van der Waals surface area contributed by atoms with Crippen molar-refractivity contribution in [1.82, 2.24) is 10.2 Å². The van der Waals surface area contributed by atoms with Crippen molar-refractivity contribution in [2.45, 2.75) is 52.4 Å². The molecule has 11 heteroatoms. The minimum atomic E-state index is -3.56. The Morgan fingerprint density at radius 3 is 2.17 bits per heavy atom. The van der Waals surface area contributed by atoms with Gasteiger partial charge in [0.15, 0.2) is 5.75 Å². The van der Waals surface area contributed by atoms with Crippen molar-refractivity contribution in [3.05, 3.63) is 89.5 Å². The first-order chi connectivity index (χ1) is 22.7. The summed E-state index contributed by atoms with van der Waals surface area (Å²) < 4.78 is 43.3. The molecule has 0 aliphatic heterocycles. The van der Waals surface area contributed by atoms with Crippen LogP contribution in [0.4, 0.5) is 5.69 Å². The van der Waals surface area contributed by atoms with Crippen LogP contribution in [0.3, 0.4) is 0 Å². The number of anilines is 1. The fourth-order valence-corrected chi connectivity index (χ4v) is 5.40. The smallest absolute Gasteiger partial charge is 0.343 e. The number of unbranched alkanes of at least 4 members (excludes halogenated alkanes) is 3. The summed E-state index contributed by atoms with van der Waals surface area (Å²) in [6.07, 6.45) is 6.84. The van der Waals surface area contributed by atoms with Gasteiger partial charge >= 0.3 is 5.97 Å². The van der Waals surface area contributed by atoms with E-state index in [4.69, 9.17) is 14.2 Å². The number of rotatable bonds is 22. The van der Waals surface area contributed by atoms with Crippen LogP contribution < -0.4 is 19.5 Å². The van der Waals surface area contributed by atoms with Crippen molar-refractivity contribution in [2.75, 3.05) is 57.0 Å². The molecule has 3 rings (SSSR count). The standard InChI is InChI=1S/C36H49N3O7S/c1-4-39(5-2)35(40)30-17-19-32(20-18-30)45-27-13-26-44-25-12-7-6-11-23-37-24-22-29-16-21-34(33(28-29)38-47(3,42)43)46-36(41)31-14-9-8-10-15-31/h8-10,14-21,28,37-38H,4-7,11-13,22-27H2,1-3H3. The maximum absolute atomic E-state index is 12.5. The van der Waals surface area contributed by atoms with Crippen molar-refractivity contribution >= 4 is 27.6 Å². The molecule has 47 heavy (non-hydrogen) atoms. The number of esters is 1. The molecule has 0 atom stereocenters. The third kappa shape index (κ3) is 14.2. The van der Waals surface area contributed by atoms with Gasteiger partial charge in [0.2, 0.25) is 10.0 Å². The Bertz CT molecular complexity index is 1480. The maximum Gasteiger partial charge on any atom is 0.343 e. The SMILES string of the molecule is CCN(CC)C(=O)c1ccc(OCCCOCCCCCCNCCc2ccc(OC(=O)c3ccccc3)c(NS(C)(=O)=O)c2)cc1. The second-order valence-corrected chi connectivity index (χ2v) is 12.9. The molecule has 1 amide bonds. The summed E-state index contributed by atoms with van der Waals surface area (Å²) >= 11 is 0. The van der Waals surface area contributed by atoms with Gasteiger partial charge in [0, 0.05) is 38.3 Å². The van der Waals surface area contributed by atoms with Gasteiger partial charge in [0.1, 0.15) is 5.75 Å². The molecular weight excluding hydrogens is 618 g/mol. The number of ether oxygens (including phenoxy) is 3. The highest BCUT2D eigenvalue weighted by Gasteiger charge is 2.15. The van der Waals surface area contributed by atoms with Gasteiger partial charge in [-0.15, -0.1) is 0 Å². The molecular formula is C36H49N3O7S. The Kier molecular flexibility index (Phi) is 16.2. The topological polar surface area (TPSA) is 123 Å². The van der Waals surface area contributed by atoms with E-state index in [1.165, 1.54) is 0 Å². The van der Waals surface area contributed by atoms with Crippen LogP contribution in [0, 0.1) is 0 Å². The third-order valence-electron chi connectivity index (χ3n) is 7.39. The predicted molar refractivity (Wildman–Crippen MR) is 186 cm³/mol. The summed E-state index contributed by atoms with van der Waals surface area (Å²) in [5.74, 6) is 0.392. The van der Waals surface area contributed by atoms with E-state index in [0.29, 0.717) is 43.9 Å². The van der Waals surface area contributed by atoms with Crippen molar-refractivity contribution in [3.63, 3.8) is 0 Å². The van der Waals surface area contributed by atoms with E-state index in [2.05, 4.69) is 10.0 Å². The van der Waals surface area contributed by atoms with E-state index >= 15 is 0 Å². The summed E-state index contributed by atoms with van der Waals surface area (Å²) in [5.41, 5.74) is 2.21. The number of amides is 1. The molecule has 0 heterocycles. The van der Waals surface area contributed by atoms with Gasteiger partial charge in [-0.25, -0.2) is 13.2 Å². The summed E-state index contributed by atoms with van der Waals surface area (Å²) in [6, 6.07) is 21.0. The molecule has 256 valence electrons. The number of hydrogen-bond acceptors (Lipinski definition) is 8. The molecule has 3 aromatic carbocycles. The fraction of sp³-hybridized carbons (Fsp3) is 0.444. The van der Waals surface area contributed by atoms with E-state index < -0.39 is 16.0 Å². The highest BCUT2D eigenvalue weighted by Crippen LogP contribution is 2.28. The molecule has 0 radical (unpaired) electrons. The van der Waals surface area contributed by atoms with Crippen molar-refractivity contribution < 1.29 is 32.2 Å². The van der Waals surface area contributed by atoms with Gasteiger partial charge in [0.25, 0.3) is 5.91 Å². The summed E-state index contributed by atoms with van der Waals surface area (Å²) in [4.78, 5) is 26.7. The molecule has 0 bridgehead atoms. The van der Waals surface area contributed by atoms with E-state index in [0.717, 1.165) is 69.4 Å². The van der Waals surface area contributed by atoms with E-state index in [-0.39, 0.29) is 17.3 Å². The van der Waals surface area contributed by atoms with Crippen LogP contribution in [-0.4, -0.2) is 77.4 Å². The lowest BCUT2D eigenvalue weighted by Crippen LogP contribution is -2.30. The van der Waals surface area contributed by atoms with Crippen LogP contribution in [0.1, 0.15) is 72.2 Å². The quantitative estimate of drug-likeness (QED) is 0.0767. The van der Waals surface area contributed by atoms with Crippen LogP contribution in [0.15, 0.2) is 72.8 Å². The van der Waals surface area contributed by atoms with Gasteiger partial charge in [-0.1, -0.05) is 37.1 Å². The lowest BCUT2D eigenvalue weighted by molar-refractivity contribution is 0.0733. The highest BCUT2D eigenvalue weighted by atomic mass is 32.2. The molecule has 0 aromatic heterocycles. The van der Waals surface area contributed by atoms with Crippen LogP contribution in [0.5, 0.6) is 11.5 Å². The number of nitrogens with one attached hydrogen (secondary N) is 2. The molecule has 0 aliphatic rings. The Labute approximate surface area is 279 Å². The molecule has 0 saturated heterocycles. The zero-order valence-electron chi connectivity index (χ0n) is 27.8. The zero-order chi connectivity index (χ0) is 33.9. The Hall–Kier alpha value is -3.93. The van der Waals surface area contributed by atoms with Gasteiger partial charge in [-0.2, -0.15) is 0 Å². The molecule has 0 fully saturated rings. The Morgan fingerprint density at radius 1 is 0.766 bits per heavy atom.